The smallest absolute Gasteiger partial charge is 0.205 e. The third-order valence-corrected chi connectivity index (χ3v) is 2.58. The van der Waals surface area contributed by atoms with Crippen LogP contribution in [0.2, 0.25) is 0 Å². The lowest BCUT2D eigenvalue weighted by Gasteiger charge is -2.11. The molecule has 0 atom stereocenters. The van der Waals surface area contributed by atoms with Gasteiger partial charge in [-0.05, 0) is 24.8 Å². The van der Waals surface area contributed by atoms with Crippen LogP contribution < -0.4 is 0 Å². The highest BCUT2D eigenvalue weighted by Crippen LogP contribution is 2.17. The first-order valence-corrected chi connectivity index (χ1v) is 5.53. The summed E-state index contributed by atoms with van der Waals surface area (Å²) in [6.45, 7) is 6.34. The maximum Gasteiger partial charge on any atom is 0.205 e. The van der Waals surface area contributed by atoms with Gasteiger partial charge in [0.2, 0.25) is 5.88 Å². The second kappa shape index (κ2) is 6.84. The zero-order valence-electron chi connectivity index (χ0n) is 6.42. The van der Waals surface area contributed by atoms with Gasteiger partial charge in [0.15, 0.2) is 0 Å². The molecule has 0 saturated heterocycles. The zero-order valence-corrected chi connectivity index (χ0v) is 8.88. The molecule has 0 aromatic heterocycles. The number of ether oxygens (including phenoxy) is 1. The fourth-order valence-electron chi connectivity index (χ4n) is 0.433. The molecule has 11 heavy (non-hydrogen) atoms. The largest absolute Gasteiger partial charge is 0.478 e. The van der Waals surface area contributed by atoms with Crippen LogP contribution in [0.25, 0.3) is 0 Å². The summed E-state index contributed by atoms with van der Waals surface area (Å²) in [7, 11) is 0.515. The Bertz CT molecular complexity index is 145. The molecule has 0 aliphatic rings. The molecule has 0 amide bonds. The molecule has 0 aromatic carbocycles. The van der Waals surface area contributed by atoms with Gasteiger partial charge >= 0.3 is 0 Å². The molecule has 0 radical (unpaired) electrons. The van der Waals surface area contributed by atoms with Crippen LogP contribution in [0.4, 0.5) is 0 Å². The molecular weight excluding hydrogens is 201 g/mol. The van der Waals surface area contributed by atoms with Gasteiger partial charge in [0, 0.05) is 11.8 Å². The third kappa shape index (κ3) is 5.42. The molecule has 0 rings (SSSR count). The molecule has 5 heteroatoms. The minimum atomic E-state index is 0.428. The van der Waals surface area contributed by atoms with E-state index in [-0.39, 0.29) is 0 Å². The molecule has 64 valence electrons. The van der Waals surface area contributed by atoms with Crippen LogP contribution in [0.1, 0.15) is 19.8 Å². The van der Waals surface area contributed by atoms with Crippen molar-refractivity contribution in [2.24, 2.45) is 0 Å². The number of halogens is 1. The second-order valence-corrected chi connectivity index (χ2v) is 3.56. The Morgan fingerprint density at radius 1 is 1.82 bits per heavy atom. The van der Waals surface area contributed by atoms with Crippen LogP contribution in [0.3, 0.4) is 0 Å². The standard InChI is InChI=1S/C6H11ClNOPS/c1-3-4-5-9-6(2)8(7)10-11/h2-5H2,1H3. The summed E-state index contributed by atoms with van der Waals surface area (Å²) in [6.07, 6.45) is 2.11. The summed E-state index contributed by atoms with van der Waals surface area (Å²) in [5, 5.41) is 0. The molecule has 0 aliphatic carbocycles. The van der Waals surface area contributed by atoms with E-state index >= 15 is 0 Å². The topological polar surface area (TPSA) is 12.5 Å². The van der Waals surface area contributed by atoms with E-state index in [4.69, 9.17) is 16.5 Å². The molecule has 0 N–H and O–H groups in total. The van der Waals surface area contributed by atoms with Crippen LogP contribution in [-0.2, 0) is 16.5 Å². The van der Waals surface area contributed by atoms with E-state index < -0.39 is 0 Å². The van der Waals surface area contributed by atoms with Gasteiger partial charge in [-0.1, -0.05) is 13.3 Å². The molecule has 0 aliphatic heterocycles. The number of unbranched alkanes of at least 4 members (excludes halogenated alkanes) is 1. The van der Waals surface area contributed by atoms with Gasteiger partial charge in [0.1, 0.15) is 7.51 Å². The first-order chi connectivity index (χ1) is 5.22. The summed E-state index contributed by atoms with van der Waals surface area (Å²) >= 11 is 10.2. The summed E-state index contributed by atoms with van der Waals surface area (Å²) in [6, 6.07) is 0. The highest BCUT2D eigenvalue weighted by Gasteiger charge is 2.00. The fraction of sp³-hybridized carbons (Fsp3) is 0.667. The Labute approximate surface area is 79.2 Å². The summed E-state index contributed by atoms with van der Waals surface area (Å²) < 4.78 is 6.42. The van der Waals surface area contributed by atoms with E-state index in [2.05, 4.69) is 25.3 Å². The average Bonchev–Trinajstić information content (AvgIpc) is 2.03. The predicted octanol–water partition coefficient (Wildman–Crippen LogP) is 3.05. The zero-order chi connectivity index (χ0) is 8.69. The van der Waals surface area contributed by atoms with Crippen LogP contribution >= 0.6 is 19.3 Å². The Balaban J connectivity index is 3.44. The molecule has 2 nitrogen and oxygen atoms in total. The minimum Gasteiger partial charge on any atom is -0.478 e. The highest BCUT2D eigenvalue weighted by molar-refractivity contribution is 7.95. The van der Waals surface area contributed by atoms with Gasteiger partial charge in [-0.25, -0.2) is 0 Å². The van der Waals surface area contributed by atoms with Crippen LogP contribution in [0.15, 0.2) is 12.5 Å². The maximum atomic E-state index is 5.59. The van der Waals surface area contributed by atoms with Crippen molar-refractivity contribution in [1.29, 1.82) is 0 Å². The molecule has 0 spiro atoms. The first kappa shape index (κ1) is 11.2. The third-order valence-electron chi connectivity index (χ3n) is 1.04. The highest BCUT2D eigenvalue weighted by atomic mass is 35.5. The van der Waals surface area contributed by atoms with Gasteiger partial charge in [-0.3, -0.25) is 0 Å². The van der Waals surface area contributed by atoms with E-state index in [0.717, 1.165) is 12.8 Å². The summed E-state index contributed by atoms with van der Waals surface area (Å²) in [5.74, 6) is 0.428. The SMILES string of the molecule is C=C(OCCCC)N(Cl)P=S. The molecular formula is C6H11ClNOPS. The fourth-order valence-corrected chi connectivity index (χ4v) is 0.904. The van der Waals surface area contributed by atoms with E-state index in [0.29, 0.717) is 20.0 Å². The molecule has 0 aromatic rings. The van der Waals surface area contributed by atoms with Crippen molar-refractivity contribution in [1.82, 2.24) is 4.19 Å². The number of hydrogen-bond donors (Lipinski definition) is 0. The van der Waals surface area contributed by atoms with Crippen molar-refractivity contribution < 1.29 is 4.74 Å². The van der Waals surface area contributed by atoms with Crippen molar-refractivity contribution >= 4 is 31.1 Å². The van der Waals surface area contributed by atoms with Crippen LogP contribution in [-0.4, -0.2) is 10.8 Å². The maximum absolute atomic E-state index is 5.59. The van der Waals surface area contributed by atoms with Gasteiger partial charge in [0.05, 0.1) is 6.61 Å². The molecule has 0 heterocycles. The van der Waals surface area contributed by atoms with Crippen molar-refractivity contribution in [3.8, 4) is 0 Å². The van der Waals surface area contributed by atoms with E-state index in [1.165, 1.54) is 4.19 Å². The van der Waals surface area contributed by atoms with Crippen molar-refractivity contribution in [2.45, 2.75) is 19.8 Å². The Hall–Kier alpha value is 0.150. The van der Waals surface area contributed by atoms with Crippen molar-refractivity contribution in [2.75, 3.05) is 6.61 Å². The van der Waals surface area contributed by atoms with Crippen molar-refractivity contribution in [3.05, 3.63) is 12.5 Å². The quantitative estimate of drug-likeness (QED) is 0.290. The number of rotatable bonds is 6. The molecule has 0 unspecified atom stereocenters. The first-order valence-electron chi connectivity index (χ1n) is 3.33. The average molecular weight is 212 g/mol. The normalized spacial score (nSPS) is 9.64. The van der Waals surface area contributed by atoms with Gasteiger partial charge in [-0.15, -0.1) is 0 Å². The molecule has 0 saturated carbocycles. The Morgan fingerprint density at radius 2 is 2.45 bits per heavy atom. The Kier molecular flexibility index (Phi) is 6.93. The lowest BCUT2D eigenvalue weighted by molar-refractivity contribution is 0.179. The van der Waals surface area contributed by atoms with Crippen LogP contribution in [0.5, 0.6) is 0 Å². The number of hydrogen-bond acceptors (Lipinski definition) is 2. The van der Waals surface area contributed by atoms with Gasteiger partial charge in [0.25, 0.3) is 0 Å². The van der Waals surface area contributed by atoms with Crippen LogP contribution in [0, 0.1) is 0 Å². The minimum absolute atomic E-state index is 0.428. The monoisotopic (exact) mass is 211 g/mol. The summed E-state index contributed by atoms with van der Waals surface area (Å²) in [5.41, 5.74) is 0. The van der Waals surface area contributed by atoms with E-state index in [1.54, 1.807) is 0 Å². The summed E-state index contributed by atoms with van der Waals surface area (Å²) in [4.78, 5) is 0. The predicted molar refractivity (Wildman–Crippen MR) is 52.0 cm³/mol. The van der Waals surface area contributed by atoms with Crippen molar-refractivity contribution in [3.63, 3.8) is 0 Å². The van der Waals surface area contributed by atoms with Gasteiger partial charge in [-0.2, -0.15) is 4.19 Å². The molecule has 0 bridgehead atoms. The second-order valence-electron chi connectivity index (χ2n) is 1.94. The van der Waals surface area contributed by atoms with E-state index in [9.17, 15) is 0 Å². The van der Waals surface area contributed by atoms with E-state index in [1.807, 2.05) is 0 Å². The lowest BCUT2D eigenvalue weighted by Crippen LogP contribution is -2.02. The molecule has 0 fully saturated rings. The number of nitrogens with zero attached hydrogens (tertiary/aromatic N) is 1. The van der Waals surface area contributed by atoms with Gasteiger partial charge < -0.3 is 4.74 Å². The Morgan fingerprint density at radius 3 is 2.91 bits per heavy atom. The lowest BCUT2D eigenvalue weighted by atomic mass is 10.4.